The van der Waals surface area contributed by atoms with Gasteiger partial charge >= 0.3 is 0 Å². The van der Waals surface area contributed by atoms with Gasteiger partial charge in [0.2, 0.25) is 0 Å². The van der Waals surface area contributed by atoms with Crippen LogP contribution in [0.25, 0.3) is 5.32 Å². The standard InChI is InChI=1S/C6H12NO.C2H6.Re/c1-5(8)6(2,3)7-4;1-2;/h1-4H3;1-2H3;/q-1;;. The van der Waals surface area contributed by atoms with Crippen LogP contribution in [0, 0.1) is 0 Å². The van der Waals surface area contributed by atoms with Gasteiger partial charge in [0.25, 0.3) is 0 Å². The van der Waals surface area contributed by atoms with E-state index in [1.165, 1.54) is 0 Å². The normalized spacial score (nSPS) is 8.91. The molecular formula is C8H18NORe-. The summed E-state index contributed by atoms with van der Waals surface area (Å²) in [6.07, 6.45) is 0. The molecule has 0 heterocycles. The summed E-state index contributed by atoms with van der Waals surface area (Å²) in [5, 5.41) is 3.87. The van der Waals surface area contributed by atoms with Crippen LogP contribution in [0.15, 0.2) is 0 Å². The molecule has 0 atom stereocenters. The summed E-state index contributed by atoms with van der Waals surface area (Å²) >= 11 is 0. The Bertz CT molecular complexity index is 102. The molecule has 0 aromatic rings. The number of Topliss-reactive ketones (excluding diaryl/α,β-unsaturated/α-hetero) is 1. The van der Waals surface area contributed by atoms with Crippen molar-refractivity contribution in [2.45, 2.75) is 40.2 Å². The summed E-state index contributed by atoms with van der Waals surface area (Å²) in [5.74, 6) is 0.111. The molecule has 69 valence electrons. The molecule has 0 N–H and O–H groups in total. The minimum absolute atomic E-state index is 0. The topological polar surface area (TPSA) is 31.2 Å². The number of carbonyl (C=O) groups is 1. The quantitative estimate of drug-likeness (QED) is 0.765. The molecular weight excluding hydrogens is 312 g/mol. The minimum atomic E-state index is -0.472. The van der Waals surface area contributed by atoms with E-state index in [0.29, 0.717) is 0 Å². The summed E-state index contributed by atoms with van der Waals surface area (Å²) in [5.41, 5.74) is -0.472. The average molecular weight is 330 g/mol. The third kappa shape index (κ3) is 8.20. The van der Waals surface area contributed by atoms with Crippen LogP contribution in [0.2, 0.25) is 0 Å². The van der Waals surface area contributed by atoms with Gasteiger partial charge in [-0.3, -0.25) is 0 Å². The summed E-state index contributed by atoms with van der Waals surface area (Å²) in [4.78, 5) is 10.6. The molecule has 0 aromatic heterocycles. The van der Waals surface area contributed by atoms with E-state index in [9.17, 15) is 4.79 Å². The Morgan fingerprint density at radius 2 is 1.55 bits per heavy atom. The molecule has 2 nitrogen and oxygen atoms in total. The SMILES string of the molecule is CC.C[N-]C(C)(C)C(C)=O.[Re]. The van der Waals surface area contributed by atoms with E-state index in [4.69, 9.17) is 0 Å². The number of ketones is 1. The molecule has 0 saturated carbocycles. The number of carbonyl (C=O) groups excluding carboxylic acids is 1. The second-order valence-electron chi connectivity index (χ2n) is 2.34. The van der Waals surface area contributed by atoms with Crippen molar-refractivity contribution < 1.29 is 25.2 Å². The predicted molar refractivity (Wildman–Crippen MR) is 45.4 cm³/mol. The molecule has 0 spiro atoms. The molecule has 0 amide bonds. The largest absolute Gasteiger partial charge is 0.654 e. The molecule has 0 fully saturated rings. The molecule has 0 saturated heterocycles. The fourth-order valence-electron chi connectivity index (χ4n) is 0.157. The molecule has 0 aromatic carbocycles. The van der Waals surface area contributed by atoms with Gasteiger partial charge in [0.05, 0.1) is 0 Å². The van der Waals surface area contributed by atoms with Crippen molar-refractivity contribution >= 4 is 5.78 Å². The van der Waals surface area contributed by atoms with Gasteiger partial charge in [-0.25, -0.2) is 0 Å². The monoisotopic (exact) mass is 331 g/mol. The Morgan fingerprint density at radius 1 is 1.27 bits per heavy atom. The van der Waals surface area contributed by atoms with Crippen molar-refractivity contribution in [1.29, 1.82) is 0 Å². The number of hydrogen-bond acceptors (Lipinski definition) is 1. The van der Waals surface area contributed by atoms with Gasteiger partial charge < -0.3 is 10.1 Å². The number of hydrogen-bond donors (Lipinski definition) is 0. The van der Waals surface area contributed by atoms with E-state index >= 15 is 0 Å². The van der Waals surface area contributed by atoms with Gasteiger partial charge in [0, 0.05) is 20.4 Å². The second kappa shape index (κ2) is 8.39. The molecule has 0 bridgehead atoms. The van der Waals surface area contributed by atoms with Crippen LogP contribution < -0.4 is 0 Å². The summed E-state index contributed by atoms with van der Waals surface area (Å²) < 4.78 is 0. The van der Waals surface area contributed by atoms with Crippen molar-refractivity contribution in [3.05, 3.63) is 5.32 Å². The van der Waals surface area contributed by atoms with Crippen LogP contribution in [0.3, 0.4) is 0 Å². The fourth-order valence-corrected chi connectivity index (χ4v) is 0.157. The summed E-state index contributed by atoms with van der Waals surface area (Å²) in [6, 6.07) is 0. The first-order chi connectivity index (χ1) is 4.50. The number of nitrogens with zero attached hydrogens (tertiary/aromatic N) is 1. The van der Waals surface area contributed by atoms with Crippen LogP contribution >= 0.6 is 0 Å². The van der Waals surface area contributed by atoms with E-state index in [1.54, 1.807) is 27.8 Å². The maximum absolute atomic E-state index is 10.6. The van der Waals surface area contributed by atoms with Crippen molar-refractivity contribution in [2.24, 2.45) is 0 Å². The molecule has 0 unspecified atom stereocenters. The Kier molecular flexibility index (Phi) is 13.3. The van der Waals surface area contributed by atoms with Crippen LogP contribution in [0.1, 0.15) is 34.6 Å². The van der Waals surface area contributed by atoms with Crippen molar-refractivity contribution in [1.82, 2.24) is 0 Å². The first-order valence-electron chi connectivity index (χ1n) is 3.62. The van der Waals surface area contributed by atoms with E-state index < -0.39 is 5.54 Å². The Morgan fingerprint density at radius 3 is 1.55 bits per heavy atom. The molecule has 3 heteroatoms. The maximum atomic E-state index is 10.6. The van der Waals surface area contributed by atoms with E-state index in [2.05, 4.69) is 5.32 Å². The Hall–Kier alpha value is 0.292. The second-order valence-corrected chi connectivity index (χ2v) is 2.34. The van der Waals surface area contributed by atoms with Crippen molar-refractivity contribution in [3.63, 3.8) is 0 Å². The molecule has 0 rings (SSSR count). The first kappa shape index (κ1) is 17.4. The average Bonchev–Trinajstić information content (AvgIpc) is 1.92. The zero-order valence-electron chi connectivity index (χ0n) is 8.23. The summed E-state index contributed by atoms with van der Waals surface area (Å²) in [7, 11) is 1.65. The van der Waals surface area contributed by atoms with Crippen LogP contribution in [-0.2, 0) is 25.2 Å². The molecule has 1 radical (unpaired) electrons. The van der Waals surface area contributed by atoms with Crippen molar-refractivity contribution in [2.75, 3.05) is 7.05 Å². The van der Waals surface area contributed by atoms with Crippen LogP contribution in [-0.4, -0.2) is 18.4 Å². The van der Waals surface area contributed by atoms with E-state index in [-0.39, 0.29) is 26.2 Å². The third-order valence-corrected chi connectivity index (χ3v) is 1.42. The number of likely N-dealkylation sites (N-methyl/N-ethyl adjacent to an activating group) is 1. The van der Waals surface area contributed by atoms with Gasteiger partial charge in [-0.2, -0.15) is 7.05 Å². The smallest absolute Gasteiger partial charge is 0.115 e. The fraction of sp³-hybridized carbons (Fsp3) is 0.875. The van der Waals surface area contributed by atoms with Gasteiger partial charge in [0.1, 0.15) is 5.78 Å². The minimum Gasteiger partial charge on any atom is -0.654 e. The van der Waals surface area contributed by atoms with E-state index in [0.717, 1.165) is 0 Å². The van der Waals surface area contributed by atoms with Gasteiger partial charge in [-0.15, -0.1) is 0 Å². The maximum Gasteiger partial charge on any atom is 0.115 e. The molecule has 0 aliphatic rings. The third-order valence-electron chi connectivity index (χ3n) is 1.42. The summed E-state index contributed by atoms with van der Waals surface area (Å²) in [6.45, 7) is 9.15. The zero-order chi connectivity index (χ0) is 8.78. The Balaban J connectivity index is -0.000000196. The van der Waals surface area contributed by atoms with Crippen LogP contribution in [0.5, 0.6) is 0 Å². The van der Waals surface area contributed by atoms with Gasteiger partial charge in [0.15, 0.2) is 0 Å². The van der Waals surface area contributed by atoms with Crippen molar-refractivity contribution in [3.8, 4) is 0 Å². The van der Waals surface area contributed by atoms with Gasteiger partial charge in [-0.05, 0) is 6.92 Å². The first-order valence-corrected chi connectivity index (χ1v) is 3.62. The molecule has 11 heavy (non-hydrogen) atoms. The number of rotatable bonds is 2. The zero-order valence-corrected chi connectivity index (χ0v) is 10.9. The van der Waals surface area contributed by atoms with Crippen LogP contribution in [0.4, 0.5) is 0 Å². The predicted octanol–water partition coefficient (Wildman–Crippen LogP) is 2.38. The van der Waals surface area contributed by atoms with Gasteiger partial charge in [-0.1, -0.05) is 33.2 Å². The molecule has 0 aliphatic heterocycles. The van der Waals surface area contributed by atoms with E-state index in [1.807, 2.05) is 13.8 Å². The Labute approximate surface area is 83.8 Å². The molecule has 0 aliphatic carbocycles.